The number of aromatic nitrogens is 1. The number of fused-ring (bicyclic) bond motifs is 1. The summed E-state index contributed by atoms with van der Waals surface area (Å²) in [6.07, 6.45) is 0.222. The first-order chi connectivity index (χ1) is 7.67. The van der Waals surface area contributed by atoms with Gasteiger partial charge in [0, 0.05) is 14.2 Å². The number of nitrogens with zero attached hydrogens (tertiary/aromatic N) is 1. The Hall–Kier alpha value is -0.740. The Balaban J connectivity index is 2.31. The lowest BCUT2D eigenvalue weighted by atomic mass is 10.3. The summed E-state index contributed by atoms with van der Waals surface area (Å²) in [6, 6.07) is 7.80. The van der Waals surface area contributed by atoms with Crippen LogP contribution in [0.3, 0.4) is 0 Å². The molecule has 2 rings (SSSR count). The first-order valence-electron chi connectivity index (χ1n) is 4.72. The number of benzene rings is 1. The summed E-state index contributed by atoms with van der Waals surface area (Å²) in [5.74, 6) is 0. The third kappa shape index (κ3) is 2.33. The van der Waals surface area contributed by atoms with Crippen molar-refractivity contribution in [3.63, 3.8) is 0 Å². The third-order valence-corrected chi connectivity index (χ3v) is 5.27. The van der Waals surface area contributed by atoms with Gasteiger partial charge < -0.3 is 9.05 Å². The van der Waals surface area contributed by atoms with E-state index >= 15 is 0 Å². The van der Waals surface area contributed by atoms with E-state index in [1.165, 1.54) is 25.6 Å². The lowest BCUT2D eigenvalue weighted by molar-refractivity contribution is 0.275. The lowest BCUT2D eigenvalue weighted by Gasteiger charge is -2.10. The molecule has 0 fully saturated rings. The molecule has 0 unspecified atom stereocenters. The van der Waals surface area contributed by atoms with Crippen LogP contribution < -0.4 is 0 Å². The topological polar surface area (TPSA) is 48.4 Å². The van der Waals surface area contributed by atoms with Crippen molar-refractivity contribution in [1.29, 1.82) is 0 Å². The number of hydrogen-bond donors (Lipinski definition) is 0. The quantitative estimate of drug-likeness (QED) is 0.788. The van der Waals surface area contributed by atoms with Crippen molar-refractivity contribution in [3.05, 3.63) is 29.3 Å². The molecule has 1 heterocycles. The molecule has 0 saturated heterocycles. The highest BCUT2D eigenvalue weighted by Crippen LogP contribution is 2.50. The van der Waals surface area contributed by atoms with Crippen LogP contribution in [0.15, 0.2) is 24.3 Å². The van der Waals surface area contributed by atoms with Crippen molar-refractivity contribution in [1.82, 2.24) is 4.98 Å². The van der Waals surface area contributed by atoms with Gasteiger partial charge >= 0.3 is 7.60 Å². The molecule has 86 valence electrons. The van der Waals surface area contributed by atoms with Gasteiger partial charge in [0.1, 0.15) is 11.2 Å². The van der Waals surface area contributed by atoms with Crippen LogP contribution in [0.4, 0.5) is 0 Å². The van der Waals surface area contributed by atoms with Gasteiger partial charge in [0.05, 0.1) is 10.2 Å². The summed E-state index contributed by atoms with van der Waals surface area (Å²) in [4.78, 5) is 4.38. The van der Waals surface area contributed by atoms with Gasteiger partial charge in [0.15, 0.2) is 0 Å². The van der Waals surface area contributed by atoms with E-state index in [0.29, 0.717) is 0 Å². The van der Waals surface area contributed by atoms with E-state index in [0.717, 1.165) is 15.2 Å². The van der Waals surface area contributed by atoms with Gasteiger partial charge in [-0.05, 0) is 12.1 Å². The summed E-state index contributed by atoms with van der Waals surface area (Å²) in [5, 5.41) is 0.772. The maximum absolute atomic E-state index is 11.9. The Kier molecular flexibility index (Phi) is 3.40. The number of thiazole rings is 1. The molecule has 1 aromatic carbocycles. The zero-order chi connectivity index (χ0) is 11.6. The molecule has 0 aliphatic heterocycles. The highest BCUT2D eigenvalue weighted by molar-refractivity contribution is 7.53. The van der Waals surface area contributed by atoms with Crippen LogP contribution in [-0.2, 0) is 19.8 Å². The minimum Gasteiger partial charge on any atom is -0.312 e. The number of para-hydroxylation sites is 1. The molecule has 0 bridgehead atoms. The van der Waals surface area contributed by atoms with Gasteiger partial charge in [0.2, 0.25) is 0 Å². The molecule has 0 aliphatic rings. The molecule has 0 spiro atoms. The Morgan fingerprint density at radius 3 is 2.62 bits per heavy atom. The van der Waals surface area contributed by atoms with E-state index in [9.17, 15) is 4.57 Å². The fourth-order valence-electron chi connectivity index (χ4n) is 1.36. The average Bonchev–Trinajstić information content (AvgIpc) is 2.70. The van der Waals surface area contributed by atoms with Gasteiger partial charge in [-0.1, -0.05) is 12.1 Å². The summed E-state index contributed by atoms with van der Waals surface area (Å²) in [5.41, 5.74) is 0.918. The van der Waals surface area contributed by atoms with E-state index in [4.69, 9.17) is 9.05 Å². The molecule has 4 nitrogen and oxygen atoms in total. The van der Waals surface area contributed by atoms with Crippen LogP contribution in [0.2, 0.25) is 0 Å². The maximum Gasteiger partial charge on any atom is 0.336 e. The standard InChI is InChI=1S/C10H12NO3PS/c1-13-15(12,14-2)7-10-11-8-5-3-4-6-9(8)16-10/h3-6H,7H2,1-2H3. The van der Waals surface area contributed by atoms with Crippen LogP contribution in [0, 0.1) is 0 Å². The summed E-state index contributed by atoms with van der Waals surface area (Å²) in [7, 11) is -0.237. The SMILES string of the molecule is COP(=O)(Cc1nc2ccccc2s1)OC. The number of rotatable bonds is 4. The minimum atomic E-state index is -3.01. The second-order valence-electron chi connectivity index (χ2n) is 3.21. The zero-order valence-corrected chi connectivity index (χ0v) is 10.8. The molecular formula is C10H12NO3PS. The molecular weight excluding hydrogens is 245 g/mol. The van der Waals surface area contributed by atoms with Crippen LogP contribution in [-0.4, -0.2) is 19.2 Å². The average molecular weight is 257 g/mol. The third-order valence-electron chi connectivity index (χ3n) is 2.22. The largest absolute Gasteiger partial charge is 0.336 e. The molecule has 0 atom stereocenters. The zero-order valence-electron chi connectivity index (χ0n) is 9.04. The molecule has 0 N–H and O–H groups in total. The highest BCUT2D eigenvalue weighted by Gasteiger charge is 2.23. The Labute approximate surface area is 97.8 Å². The van der Waals surface area contributed by atoms with Gasteiger partial charge in [-0.15, -0.1) is 11.3 Å². The molecule has 0 aliphatic carbocycles. The fourth-order valence-corrected chi connectivity index (χ4v) is 3.66. The Morgan fingerprint density at radius 2 is 2.00 bits per heavy atom. The van der Waals surface area contributed by atoms with Gasteiger partial charge in [-0.3, -0.25) is 4.57 Å². The molecule has 2 aromatic rings. The van der Waals surface area contributed by atoms with E-state index in [1.807, 2.05) is 24.3 Å². The lowest BCUT2D eigenvalue weighted by Crippen LogP contribution is -1.92. The monoisotopic (exact) mass is 257 g/mol. The van der Waals surface area contributed by atoms with Gasteiger partial charge in [-0.2, -0.15) is 0 Å². The maximum atomic E-state index is 11.9. The smallest absolute Gasteiger partial charge is 0.312 e. The van der Waals surface area contributed by atoms with Crippen LogP contribution in [0.5, 0.6) is 0 Å². The van der Waals surface area contributed by atoms with Crippen LogP contribution in [0.25, 0.3) is 10.2 Å². The molecule has 0 saturated carbocycles. The molecule has 0 amide bonds. The van der Waals surface area contributed by atoms with Crippen LogP contribution >= 0.6 is 18.9 Å². The normalized spacial score (nSPS) is 12.1. The van der Waals surface area contributed by atoms with Gasteiger partial charge in [-0.25, -0.2) is 4.98 Å². The van der Waals surface area contributed by atoms with Gasteiger partial charge in [0.25, 0.3) is 0 Å². The number of hydrogen-bond acceptors (Lipinski definition) is 5. The van der Waals surface area contributed by atoms with Crippen molar-refractivity contribution >= 4 is 29.1 Å². The van der Waals surface area contributed by atoms with Crippen LogP contribution in [0.1, 0.15) is 5.01 Å². The van der Waals surface area contributed by atoms with Crippen molar-refractivity contribution < 1.29 is 13.6 Å². The summed E-state index contributed by atoms with van der Waals surface area (Å²) >= 11 is 1.51. The van der Waals surface area contributed by atoms with E-state index in [1.54, 1.807) is 0 Å². The second kappa shape index (κ2) is 4.63. The van der Waals surface area contributed by atoms with E-state index < -0.39 is 7.60 Å². The minimum absolute atomic E-state index is 0.222. The van der Waals surface area contributed by atoms with E-state index in [2.05, 4.69) is 4.98 Å². The van der Waals surface area contributed by atoms with Crippen molar-refractivity contribution in [2.24, 2.45) is 0 Å². The van der Waals surface area contributed by atoms with E-state index in [-0.39, 0.29) is 6.16 Å². The van der Waals surface area contributed by atoms with Crippen molar-refractivity contribution in [2.75, 3.05) is 14.2 Å². The summed E-state index contributed by atoms with van der Waals surface area (Å²) < 4.78 is 22.8. The predicted octanol–water partition coefficient (Wildman–Crippen LogP) is 3.28. The molecule has 1 aromatic heterocycles. The van der Waals surface area contributed by atoms with Crippen molar-refractivity contribution in [3.8, 4) is 0 Å². The first-order valence-corrected chi connectivity index (χ1v) is 7.26. The Morgan fingerprint density at radius 1 is 1.31 bits per heavy atom. The molecule has 0 radical (unpaired) electrons. The Bertz CT molecular complexity index is 499. The predicted molar refractivity (Wildman–Crippen MR) is 64.9 cm³/mol. The fraction of sp³-hybridized carbons (Fsp3) is 0.300. The highest BCUT2D eigenvalue weighted by atomic mass is 32.1. The second-order valence-corrected chi connectivity index (χ2v) is 6.59. The molecule has 16 heavy (non-hydrogen) atoms. The summed E-state index contributed by atoms with van der Waals surface area (Å²) in [6.45, 7) is 0. The first kappa shape index (κ1) is 11.7. The van der Waals surface area contributed by atoms with Crippen molar-refractivity contribution in [2.45, 2.75) is 6.16 Å². The molecule has 6 heteroatoms.